The summed E-state index contributed by atoms with van der Waals surface area (Å²) in [6, 6.07) is 5.60. The highest BCUT2D eigenvalue weighted by Gasteiger charge is 2.13. The van der Waals surface area contributed by atoms with E-state index in [0.29, 0.717) is 11.1 Å². The lowest BCUT2D eigenvalue weighted by Gasteiger charge is -1.99. The fourth-order valence-corrected chi connectivity index (χ4v) is 2.01. The van der Waals surface area contributed by atoms with Crippen molar-refractivity contribution in [2.75, 3.05) is 0 Å². The first-order valence-electron chi connectivity index (χ1n) is 5.45. The molecule has 3 aromatic heterocycles. The fraction of sp³-hybridized carbons (Fsp3) is 0.0769. The molecule has 0 aliphatic carbocycles. The zero-order chi connectivity index (χ0) is 12.7. The third-order valence-electron chi connectivity index (χ3n) is 2.90. The Hall–Kier alpha value is -2.56. The zero-order valence-electron chi connectivity index (χ0n) is 9.75. The van der Waals surface area contributed by atoms with Crippen LogP contribution in [0.1, 0.15) is 10.4 Å². The Bertz CT molecular complexity index is 726. The minimum atomic E-state index is -0.473. The van der Waals surface area contributed by atoms with Crippen LogP contribution < -0.4 is 5.73 Å². The number of hydrogen-bond donors (Lipinski definition) is 1. The molecular formula is C13H11N3O2. The first kappa shape index (κ1) is 10.6. The highest BCUT2D eigenvalue weighted by molar-refractivity contribution is 6.05. The first-order chi connectivity index (χ1) is 8.66. The number of furan rings is 1. The van der Waals surface area contributed by atoms with Crippen molar-refractivity contribution in [3.05, 3.63) is 42.4 Å². The molecule has 0 fully saturated rings. The Morgan fingerprint density at radius 3 is 3.00 bits per heavy atom. The van der Waals surface area contributed by atoms with Gasteiger partial charge in [0.2, 0.25) is 0 Å². The molecule has 0 saturated carbocycles. The number of aryl methyl sites for hydroxylation is 1. The lowest BCUT2D eigenvalue weighted by molar-refractivity contribution is 0.100. The number of pyridine rings is 1. The summed E-state index contributed by atoms with van der Waals surface area (Å²) < 4.78 is 7.15. The first-order valence-corrected chi connectivity index (χ1v) is 5.45. The van der Waals surface area contributed by atoms with E-state index in [1.807, 2.05) is 29.8 Å². The van der Waals surface area contributed by atoms with E-state index in [-0.39, 0.29) is 0 Å². The van der Waals surface area contributed by atoms with Crippen molar-refractivity contribution >= 4 is 16.9 Å². The Balaban J connectivity index is 2.25. The summed E-state index contributed by atoms with van der Waals surface area (Å²) in [6.07, 6.45) is 4.97. The molecule has 0 aliphatic rings. The minimum absolute atomic E-state index is 0.429. The summed E-state index contributed by atoms with van der Waals surface area (Å²) in [6.45, 7) is 0. The third kappa shape index (κ3) is 1.48. The van der Waals surface area contributed by atoms with Gasteiger partial charge in [0.15, 0.2) is 0 Å². The zero-order valence-corrected chi connectivity index (χ0v) is 9.75. The van der Waals surface area contributed by atoms with Crippen LogP contribution in [0.5, 0.6) is 0 Å². The van der Waals surface area contributed by atoms with Crippen LogP contribution in [0.3, 0.4) is 0 Å². The smallest absolute Gasteiger partial charge is 0.252 e. The SMILES string of the molecule is Cn1cc(C(N)=O)c2ncc(-c3ccco3)cc21. The van der Waals surface area contributed by atoms with E-state index in [1.54, 1.807) is 18.7 Å². The Morgan fingerprint density at radius 2 is 2.33 bits per heavy atom. The summed E-state index contributed by atoms with van der Waals surface area (Å²) >= 11 is 0. The van der Waals surface area contributed by atoms with Crippen molar-refractivity contribution in [2.45, 2.75) is 0 Å². The number of carbonyl (C=O) groups is 1. The minimum Gasteiger partial charge on any atom is -0.464 e. The van der Waals surface area contributed by atoms with Gasteiger partial charge in [0.25, 0.3) is 5.91 Å². The van der Waals surface area contributed by atoms with Gasteiger partial charge in [0, 0.05) is 25.0 Å². The van der Waals surface area contributed by atoms with Gasteiger partial charge in [-0.2, -0.15) is 0 Å². The molecule has 5 nitrogen and oxygen atoms in total. The number of amides is 1. The summed E-state index contributed by atoms with van der Waals surface area (Å²) in [7, 11) is 1.85. The monoisotopic (exact) mass is 241 g/mol. The molecule has 0 bridgehead atoms. The molecule has 18 heavy (non-hydrogen) atoms. The van der Waals surface area contributed by atoms with Gasteiger partial charge in [-0.15, -0.1) is 0 Å². The van der Waals surface area contributed by atoms with Crippen LogP contribution in [0.2, 0.25) is 0 Å². The quantitative estimate of drug-likeness (QED) is 0.745. The molecule has 0 saturated heterocycles. The van der Waals surface area contributed by atoms with Crippen LogP contribution in [-0.2, 0) is 7.05 Å². The number of nitrogens with two attached hydrogens (primary N) is 1. The molecule has 5 heteroatoms. The highest BCUT2D eigenvalue weighted by Crippen LogP contribution is 2.25. The highest BCUT2D eigenvalue weighted by atomic mass is 16.3. The fourth-order valence-electron chi connectivity index (χ4n) is 2.01. The number of hydrogen-bond acceptors (Lipinski definition) is 3. The van der Waals surface area contributed by atoms with E-state index in [0.717, 1.165) is 16.8 Å². The molecule has 3 rings (SSSR count). The Morgan fingerprint density at radius 1 is 1.50 bits per heavy atom. The molecule has 0 spiro atoms. The Labute approximate surface area is 103 Å². The van der Waals surface area contributed by atoms with E-state index in [1.165, 1.54) is 0 Å². The third-order valence-corrected chi connectivity index (χ3v) is 2.90. The number of fused-ring (bicyclic) bond motifs is 1. The molecule has 3 heterocycles. The summed E-state index contributed by atoms with van der Waals surface area (Å²) in [5, 5.41) is 0. The van der Waals surface area contributed by atoms with Crippen molar-refractivity contribution in [3.63, 3.8) is 0 Å². The van der Waals surface area contributed by atoms with Crippen molar-refractivity contribution < 1.29 is 9.21 Å². The summed E-state index contributed by atoms with van der Waals surface area (Å²) in [5.41, 5.74) is 8.07. The number of primary amides is 1. The van der Waals surface area contributed by atoms with E-state index < -0.39 is 5.91 Å². The van der Waals surface area contributed by atoms with Crippen LogP contribution in [0, 0.1) is 0 Å². The predicted molar refractivity (Wildman–Crippen MR) is 66.9 cm³/mol. The second kappa shape index (κ2) is 3.73. The molecule has 0 atom stereocenters. The van der Waals surface area contributed by atoms with E-state index in [2.05, 4.69) is 4.98 Å². The van der Waals surface area contributed by atoms with Crippen LogP contribution in [0.15, 0.2) is 41.3 Å². The molecule has 3 aromatic rings. The van der Waals surface area contributed by atoms with Crippen molar-refractivity contribution in [1.82, 2.24) is 9.55 Å². The van der Waals surface area contributed by atoms with Crippen LogP contribution >= 0.6 is 0 Å². The summed E-state index contributed by atoms with van der Waals surface area (Å²) in [4.78, 5) is 15.6. The second-order valence-electron chi connectivity index (χ2n) is 4.09. The molecule has 90 valence electrons. The van der Waals surface area contributed by atoms with Gasteiger partial charge < -0.3 is 14.7 Å². The van der Waals surface area contributed by atoms with E-state index in [4.69, 9.17) is 10.2 Å². The van der Waals surface area contributed by atoms with Crippen LogP contribution in [0.4, 0.5) is 0 Å². The molecule has 0 radical (unpaired) electrons. The normalized spacial score (nSPS) is 10.9. The maximum atomic E-state index is 11.3. The molecular weight excluding hydrogens is 230 g/mol. The largest absolute Gasteiger partial charge is 0.464 e. The van der Waals surface area contributed by atoms with Crippen molar-refractivity contribution in [1.29, 1.82) is 0 Å². The molecule has 1 amide bonds. The summed E-state index contributed by atoms with van der Waals surface area (Å²) in [5.74, 6) is 0.269. The van der Waals surface area contributed by atoms with Crippen LogP contribution in [0.25, 0.3) is 22.4 Å². The number of carbonyl (C=O) groups excluding carboxylic acids is 1. The lowest BCUT2D eigenvalue weighted by Crippen LogP contribution is -2.10. The average molecular weight is 241 g/mol. The van der Waals surface area contributed by atoms with Gasteiger partial charge in [-0.3, -0.25) is 9.78 Å². The van der Waals surface area contributed by atoms with Gasteiger partial charge in [-0.1, -0.05) is 0 Å². The van der Waals surface area contributed by atoms with E-state index >= 15 is 0 Å². The second-order valence-corrected chi connectivity index (χ2v) is 4.09. The molecule has 0 aliphatic heterocycles. The lowest BCUT2D eigenvalue weighted by atomic mass is 10.2. The maximum absolute atomic E-state index is 11.3. The number of rotatable bonds is 2. The number of aromatic nitrogens is 2. The van der Waals surface area contributed by atoms with Crippen molar-refractivity contribution in [2.24, 2.45) is 12.8 Å². The Kier molecular flexibility index (Phi) is 2.19. The number of nitrogens with zero attached hydrogens (tertiary/aromatic N) is 2. The van der Waals surface area contributed by atoms with Crippen molar-refractivity contribution in [3.8, 4) is 11.3 Å². The van der Waals surface area contributed by atoms with E-state index in [9.17, 15) is 4.79 Å². The van der Waals surface area contributed by atoms with Gasteiger partial charge in [-0.05, 0) is 18.2 Å². The maximum Gasteiger partial charge on any atom is 0.252 e. The van der Waals surface area contributed by atoms with Crippen LogP contribution in [-0.4, -0.2) is 15.5 Å². The molecule has 2 N–H and O–H groups in total. The molecule has 0 aromatic carbocycles. The van der Waals surface area contributed by atoms with Gasteiger partial charge >= 0.3 is 0 Å². The van der Waals surface area contributed by atoms with Gasteiger partial charge in [0.1, 0.15) is 11.3 Å². The average Bonchev–Trinajstić information content (AvgIpc) is 2.97. The topological polar surface area (TPSA) is 74.0 Å². The predicted octanol–water partition coefficient (Wildman–Crippen LogP) is 1.93. The standard InChI is InChI=1S/C13H11N3O2/c1-16-7-9(13(14)17)12-10(16)5-8(6-15-12)11-3-2-4-18-11/h2-7H,1H3,(H2,14,17). The van der Waals surface area contributed by atoms with Gasteiger partial charge in [0.05, 0.1) is 17.3 Å². The van der Waals surface area contributed by atoms with Gasteiger partial charge in [-0.25, -0.2) is 0 Å². The molecule has 0 unspecified atom stereocenters.